The van der Waals surface area contributed by atoms with Crippen LogP contribution in [-0.2, 0) is 9.59 Å². The van der Waals surface area contributed by atoms with E-state index >= 15 is 0 Å². The van der Waals surface area contributed by atoms with E-state index in [1.54, 1.807) is 17.0 Å². The fourth-order valence-electron chi connectivity index (χ4n) is 3.35. The topological polar surface area (TPSA) is 78.5 Å². The molecule has 30 heavy (non-hydrogen) atoms. The molecule has 6 nitrogen and oxygen atoms in total. The fraction of sp³-hybridized carbons (Fsp3) is 0.318. The van der Waals surface area contributed by atoms with Gasteiger partial charge in [-0.25, -0.2) is 4.39 Å². The third kappa shape index (κ3) is 5.57. The van der Waals surface area contributed by atoms with Crippen LogP contribution in [0.3, 0.4) is 0 Å². The highest BCUT2D eigenvalue weighted by molar-refractivity contribution is 6.33. The van der Waals surface area contributed by atoms with Gasteiger partial charge in [-0.3, -0.25) is 14.4 Å². The predicted molar refractivity (Wildman–Crippen MR) is 113 cm³/mol. The average Bonchev–Trinajstić information content (AvgIpc) is 2.74. The van der Waals surface area contributed by atoms with Gasteiger partial charge < -0.3 is 15.5 Å². The zero-order valence-corrected chi connectivity index (χ0v) is 17.3. The van der Waals surface area contributed by atoms with Crippen molar-refractivity contribution in [2.75, 3.05) is 25.0 Å². The van der Waals surface area contributed by atoms with Crippen molar-refractivity contribution in [1.29, 1.82) is 0 Å². The molecule has 158 valence electrons. The maximum absolute atomic E-state index is 13.0. The number of nitrogens with zero attached hydrogens (tertiary/aromatic N) is 1. The molecule has 0 atom stereocenters. The van der Waals surface area contributed by atoms with Gasteiger partial charge in [0.1, 0.15) is 5.82 Å². The van der Waals surface area contributed by atoms with Gasteiger partial charge in [-0.2, -0.15) is 0 Å². The Balaban J connectivity index is 1.44. The molecule has 1 heterocycles. The molecule has 1 aliphatic heterocycles. The molecule has 2 aromatic carbocycles. The lowest BCUT2D eigenvalue weighted by molar-refractivity contribution is -0.128. The zero-order valence-electron chi connectivity index (χ0n) is 16.6. The standard InChI is InChI=1S/C22H23ClFN3O3/c1-14-2-7-19(18(23)12-14)26-20(28)13-25-21(29)15-8-10-27(11-9-15)22(30)16-3-5-17(24)6-4-16/h2-7,12,15H,8-11,13H2,1H3,(H,25,29)(H,26,28). The molecule has 0 saturated carbocycles. The van der Waals surface area contributed by atoms with Gasteiger partial charge in [-0.15, -0.1) is 0 Å². The summed E-state index contributed by atoms with van der Waals surface area (Å²) in [6, 6.07) is 10.7. The van der Waals surface area contributed by atoms with E-state index in [4.69, 9.17) is 11.6 Å². The Hall–Kier alpha value is -2.93. The number of rotatable bonds is 5. The monoisotopic (exact) mass is 431 g/mol. The number of carbonyl (C=O) groups is 3. The molecule has 3 amide bonds. The second-order valence-electron chi connectivity index (χ2n) is 7.32. The van der Waals surface area contributed by atoms with Crippen LogP contribution < -0.4 is 10.6 Å². The van der Waals surface area contributed by atoms with E-state index in [9.17, 15) is 18.8 Å². The van der Waals surface area contributed by atoms with Crippen LogP contribution in [-0.4, -0.2) is 42.3 Å². The van der Waals surface area contributed by atoms with Gasteiger partial charge in [0.05, 0.1) is 17.3 Å². The Kier molecular flexibility index (Phi) is 7.05. The largest absolute Gasteiger partial charge is 0.347 e. The van der Waals surface area contributed by atoms with Crippen molar-refractivity contribution in [2.45, 2.75) is 19.8 Å². The molecule has 0 aliphatic carbocycles. The van der Waals surface area contributed by atoms with Crippen molar-refractivity contribution in [3.05, 3.63) is 64.4 Å². The van der Waals surface area contributed by atoms with Crippen LogP contribution in [0, 0.1) is 18.7 Å². The van der Waals surface area contributed by atoms with Crippen LogP contribution in [0.1, 0.15) is 28.8 Å². The molecular weight excluding hydrogens is 409 g/mol. The number of amides is 3. The van der Waals surface area contributed by atoms with Gasteiger partial charge in [-0.05, 0) is 61.7 Å². The van der Waals surface area contributed by atoms with Crippen molar-refractivity contribution in [3.63, 3.8) is 0 Å². The molecule has 0 radical (unpaired) electrons. The highest BCUT2D eigenvalue weighted by Gasteiger charge is 2.28. The van der Waals surface area contributed by atoms with E-state index in [-0.39, 0.29) is 30.2 Å². The van der Waals surface area contributed by atoms with Crippen molar-refractivity contribution in [1.82, 2.24) is 10.2 Å². The second-order valence-corrected chi connectivity index (χ2v) is 7.73. The van der Waals surface area contributed by atoms with Gasteiger partial charge in [0, 0.05) is 24.6 Å². The van der Waals surface area contributed by atoms with E-state index < -0.39 is 5.82 Å². The first-order chi connectivity index (χ1) is 14.3. The number of carbonyl (C=O) groups excluding carboxylic acids is 3. The second kappa shape index (κ2) is 9.71. The minimum atomic E-state index is -0.393. The number of likely N-dealkylation sites (tertiary alicyclic amines) is 1. The number of piperidine rings is 1. The summed E-state index contributed by atoms with van der Waals surface area (Å²) in [6.07, 6.45) is 1.01. The summed E-state index contributed by atoms with van der Waals surface area (Å²) in [4.78, 5) is 38.6. The van der Waals surface area contributed by atoms with Gasteiger partial charge in [-0.1, -0.05) is 17.7 Å². The van der Waals surface area contributed by atoms with Crippen LogP contribution in [0.25, 0.3) is 0 Å². The first-order valence-corrected chi connectivity index (χ1v) is 10.1. The van der Waals surface area contributed by atoms with Crippen LogP contribution in [0.2, 0.25) is 5.02 Å². The highest BCUT2D eigenvalue weighted by Crippen LogP contribution is 2.23. The molecule has 2 aromatic rings. The van der Waals surface area contributed by atoms with Gasteiger partial charge in [0.2, 0.25) is 11.8 Å². The first-order valence-electron chi connectivity index (χ1n) is 9.72. The maximum Gasteiger partial charge on any atom is 0.253 e. The Labute approximate surface area is 179 Å². The van der Waals surface area contributed by atoms with Gasteiger partial charge >= 0.3 is 0 Å². The summed E-state index contributed by atoms with van der Waals surface area (Å²) in [5.41, 5.74) is 1.90. The van der Waals surface area contributed by atoms with Gasteiger partial charge in [0.15, 0.2) is 0 Å². The van der Waals surface area contributed by atoms with E-state index in [2.05, 4.69) is 10.6 Å². The number of halogens is 2. The lowest BCUT2D eigenvalue weighted by Gasteiger charge is -2.31. The van der Waals surface area contributed by atoms with Crippen LogP contribution in [0.4, 0.5) is 10.1 Å². The molecule has 1 saturated heterocycles. The number of nitrogens with one attached hydrogen (secondary N) is 2. The smallest absolute Gasteiger partial charge is 0.253 e. The number of hydrogen-bond acceptors (Lipinski definition) is 3. The molecular formula is C22H23ClFN3O3. The first kappa shape index (κ1) is 21.8. The summed E-state index contributed by atoms with van der Waals surface area (Å²) in [6.45, 7) is 2.60. The molecule has 8 heteroatoms. The maximum atomic E-state index is 13.0. The third-order valence-corrected chi connectivity index (χ3v) is 5.38. The molecule has 3 rings (SSSR count). The molecule has 0 bridgehead atoms. The number of anilines is 1. The van der Waals surface area contributed by atoms with Crippen molar-refractivity contribution < 1.29 is 18.8 Å². The number of hydrogen-bond donors (Lipinski definition) is 2. The number of aryl methyl sites for hydroxylation is 1. The summed E-state index contributed by atoms with van der Waals surface area (Å²) < 4.78 is 13.0. The SMILES string of the molecule is Cc1ccc(NC(=O)CNC(=O)C2CCN(C(=O)c3ccc(F)cc3)CC2)c(Cl)c1. The summed E-state index contributed by atoms with van der Waals surface area (Å²) in [5.74, 6) is -1.41. The molecule has 0 aromatic heterocycles. The Morgan fingerprint density at radius 1 is 1.10 bits per heavy atom. The van der Waals surface area contributed by atoms with Gasteiger partial charge in [0.25, 0.3) is 5.91 Å². The van der Waals surface area contributed by atoms with Crippen molar-refractivity contribution in [2.24, 2.45) is 5.92 Å². The Morgan fingerprint density at radius 2 is 1.77 bits per heavy atom. The van der Waals surface area contributed by atoms with Crippen LogP contribution >= 0.6 is 11.6 Å². The Morgan fingerprint density at radius 3 is 2.40 bits per heavy atom. The van der Waals surface area contributed by atoms with E-state index in [1.165, 1.54) is 24.3 Å². The van der Waals surface area contributed by atoms with E-state index in [0.717, 1.165) is 5.56 Å². The average molecular weight is 432 g/mol. The lowest BCUT2D eigenvalue weighted by atomic mass is 9.95. The molecule has 0 spiro atoms. The molecule has 2 N–H and O–H groups in total. The highest BCUT2D eigenvalue weighted by atomic mass is 35.5. The lowest BCUT2D eigenvalue weighted by Crippen LogP contribution is -2.44. The third-order valence-electron chi connectivity index (χ3n) is 5.07. The molecule has 0 unspecified atom stereocenters. The predicted octanol–water partition coefficient (Wildman–Crippen LogP) is 3.39. The quantitative estimate of drug-likeness (QED) is 0.761. The van der Waals surface area contributed by atoms with Crippen LogP contribution in [0.15, 0.2) is 42.5 Å². The minimum absolute atomic E-state index is 0.155. The summed E-state index contributed by atoms with van der Waals surface area (Å²) in [7, 11) is 0. The zero-order chi connectivity index (χ0) is 21.7. The summed E-state index contributed by atoms with van der Waals surface area (Å²) in [5, 5.41) is 5.76. The van der Waals surface area contributed by atoms with Crippen molar-refractivity contribution in [3.8, 4) is 0 Å². The molecule has 1 aliphatic rings. The Bertz CT molecular complexity index is 941. The van der Waals surface area contributed by atoms with E-state index in [1.807, 2.05) is 13.0 Å². The normalized spacial score (nSPS) is 14.3. The fourth-order valence-corrected chi connectivity index (χ4v) is 3.63. The van der Waals surface area contributed by atoms with Crippen LogP contribution in [0.5, 0.6) is 0 Å². The number of benzene rings is 2. The summed E-state index contributed by atoms with van der Waals surface area (Å²) >= 11 is 6.10. The van der Waals surface area contributed by atoms with E-state index in [0.29, 0.717) is 42.2 Å². The van der Waals surface area contributed by atoms with Crippen molar-refractivity contribution >= 4 is 35.0 Å². The minimum Gasteiger partial charge on any atom is -0.347 e. The molecule has 1 fully saturated rings.